The summed E-state index contributed by atoms with van der Waals surface area (Å²) in [5, 5.41) is 1.83. The third-order valence-corrected chi connectivity index (χ3v) is 6.12. The topological polar surface area (TPSA) is 84.3 Å². The number of hydrogen-bond acceptors (Lipinski definition) is 5. The van der Waals surface area contributed by atoms with Crippen LogP contribution in [0, 0.1) is 26.6 Å². The number of rotatable bonds is 5. The summed E-state index contributed by atoms with van der Waals surface area (Å²) >= 11 is 0.770. The molecule has 168 valence electrons. The first kappa shape index (κ1) is 22.5. The molecule has 3 amide bonds. The van der Waals surface area contributed by atoms with E-state index in [4.69, 9.17) is 0 Å². The smallest absolute Gasteiger partial charge is 0.294 e. The van der Waals surface area contributed by atoms with Gasteiger partial charge in [0.05, 0.1) is 10.6 Å². The fourth-order valence-electron chi connectivity index (χ4n) is 3.60. The monoisotopic (exact) mass is 464 g/mol. The van der Waals surface area contributed by atoms with Gasteiger partial charge in [-0.05, 0) is 80.1 Å². The number of carbonyl (C=O) groups excluding carboxylic acids is 3. The van der Waals surface area contributed by atoms with Crippen molar-refractivity contribution >= 4 is 40.6 Å². The van der Waals surface area contributed by atoms with Crippen LogP contribution in [0.2, 0.25) is 0 Å². The summed E-state index contributed by atoms with van der Waals surface area (Å²) in [5.41, 5.74) is 3.64. The number of imide groups is 1. The molecule has 2 aromatic heterocycles. The molecule has 3 heterocycles. The Kier molecular flexibility index (Phi) is 6.15. The third kappa shape index (κ3) is 4.58. The second-order valence-electron chi connectivity index (χ2n) is 7.65. The van der Waals surface area contributed by atoms with Gasteiger partial charge in [0.25, 0.3) is 11.1 Å². The molecule has 3 aromatic rings. The van der Waals surface area contributed by atoms with Crippen LogP contribution in [0.25, 0.3) is 11.9 Å². The van der Waals surface area contributed by atoms with Crippen molar-refractivity contribution in [2.75, 3.05) is 11.9 Å². The fourth-order valence-corrected chi connectivity index (χ4v) is 4.43. The Morgan fingerprint density at radius 3 is 2.64 bits per heavy atom. The van der Waals surface area contributed by atoms with Crippen LogP contribution >= 0.6 is 11.8 Å². The van der Waals surface area contributed by atoms with Crippen molar-refractivity contribution in [1.29, 1.82) is 0 Å². The maximum Gasteiger partial charge on any atom is 0.294 e. The number of anilines is 1. The first-order valence-electron chi connectivity index (χ1n) is 10.2. The van der Waals surface area contributed by atoms with E-state index in [-0.39, 0.29) is 10.6 Å². The average Bonchev–Trinajstić information content (AvgIpc) is 3.19. The molecule has 1 aliphatic heterocycles. The van der Waals surface area contributed by atoms with Gasteiger partial charge >= 0.3 is 0 Å². The van der Waals surface area contributed by atoms with E-state index in [2.05, 4.69) is 10.3 Å². The van der Waals surface area contributed by atoms with Gasteiger partial charge in [-0.1, -0.05) is 12.1 Å². The number of pyridine rings is 1. The minimum Gasteiger partial charge on any atom is -0.322 e. The molecule has 0 radical (unpaired) electrons. The van der Waals surface area contributed by atoms with E-state index < -0.39 is 29.4 Å². The van der Waals surface area contributed by atoms with Crippen LogP contribution in [0.4, 0.5) is 14.9 Å². The molecule has 4 rings (SSSR count). The van der Waals surface area contributed by atoms with Crippen molar-refractivity contribution in [2.45, 2.75) is 20.8 Å². The lowest BCUT2D eigenvalue weighted by molar-refractivity contribution is -0.127. The molecule has 1 saturated heterocycles. The van der Waals surface area contributed by atoms with Crippen molar-refractivity contribution in [3.05, 3.63) is 81.9 Å². The third-order valence-electron chi connectivity index (χ3n) is 5.21. The normalized spacial score (nSPS) is 14.9. The number of hydrogen-bond donors (Lipinski definition) is 1. The van der Waals surface area contributed by atoms with E-state index in [0.29, 0.717) is 0 Å². The number of thioether (sulfide) groups is 1. The van der Waals surface area contributed by atoms with Gasteiger partial charge in [0.2, 0.25) is 5.91 Å². The molecule has 1 fully saturated rings. The number of carbonyl (C=O) groups is 3. The molecular weight excluding hydrogens is 443 g/mol. The first-order chi connectivity index (χ1) is 15.7. The fraction of sp³-hybridized carbons (Fsp3) is 0.167. The molecule has 1 aromatic carbocycles. The van der Waals surface area contributed by atoms with Crippen LogP contribution < -0.4 is 5.32 Å². The molecule has 1 N–H and O–H groups in total. The van der Waals surface area contributed by atoms with Crippen molar-refractivity contribution in [3.63, 3.8) is 0 Å². The van der Waals surface area contributed by atoms with E-state index in [1.807, 2.05) is 43.5 Å². The van der Waals surface area contributed by atoms with Gasteiger partial charge in [-0.2, -0.15) is 0 Å². The Morgan fingerprint density at radius 1 is 1.15 bits per heavy atom. The predicted molar refractivity (Wildman–Crippen MR) is 125 cm³/mol. The molecule has 1 aliphatic rings. The number of nitrogens with zero attached hydrogens (tertiary/aromatic N) is 3. The zero-order valence-corrected chi connectivity index (χ0v) is 19.1. The Morgan fingerprint density at radius 2 is 1.91 bits per heavy atom. The van der Waals surface area contributed by atoms with E-state index in [1.54, 1.807) is 18.3 Å². The van der Waals surface area contributed by atoms with Gasteiger partial charge in [-0.3, -0.25) is 19.3 Å². The highest BCUT2D eigenvalue weighted by atomic mass is 32.2. The van der Waals surface area contributed by atoms with Gasteiger partial charge in [0, 0.05) is 17.6 Å². The van der Waals surface area contributed by atoms with Crippen molar-refractivity contribution in [3.8, 4) is 5.82 Å². The highest BCUT2D eigenvalue weighted by Gasteiger charge is 2.36. The van der Waals surface area contributed by atoms with Gasteiger partial charge < -0.3 is 9.88 Å². The van der Waals surface area contributed by atoms with Crippen molar-refractivity contribution < 1.29 is 18.8 Å². The minimum absolute atomic E-state index is 0.0118. The Balaban J connectivity index is 1.54. The van der Waals surface area contributed by atoms with Gasteiger partial charge in [0.1, 0.15) is 18.2 Å². The first-order valence-corrected chi connectivity index (χ1v) is 11.0. The van der Waals surface area contributed by atoms with Crippen LogP contribution in [0.3, 0.4) is 0 Å². The summed E-state index contributed by atoms with van der Waals surface area (Å²) in [4.78, 5) is 43.0. The van der Waals surface area contributed by atoms with E-state index in [0.717, 1.165) is 45.0 Å². The lowest BCUT2D eigenvalue weighted by atomic mass is 10.2. The summed E-state index contributed by atoms with van der Waals surface area (Å²) in [6.07, 6.45) is 3.38. The van der Waals surface area contributed by atoms with Crippen molar-refractivity contribution in [2.24, 2.45) is 0 Å². The van der Waals surface area contributed by atoms with Crippen LogP contribution in [-0.4, -0.2) is 38.0 Å². The number of halogens is 1. The van der Waals surface area contributed by atoms with Gasteiger partial charge in [-0.15, -0.1) is 0 Å². The molecular formula is C24H21FN4O3S. The minimum atomic E-state index is -0.660. The number of para-hydroxylation sites is 1. The zero-order valence-electron chi connectivity index (χ0n) is 18.3. The molecule has 0 saturated carbocycles. The molecule has 0 spiro atoms. The quantitative estimate of drug-likeness (QED) is 0.558. The molecule has 33 heavy (non-hydrogen) atoms. The van der Waals surface area contributed by atoms with E-state index in [9.17, 15) is 18.8 Å². The largest absolute Gasteiger partial charge is 0.322 e. The van der Waals surface area contributed by atoms with Gasteiger partial charge in [-0.25, -0.2) is 9.37 Å². The number of amides is 3. The highest BCUT2D eigenvalue weighted by Crippen LogP contribution is 2.33. The average molecular weight is 465 g/mol. The van der Waals surface area contributed by atoms with Crippen LogP contribution in [0.5, 0.6) is 0 Å². The molecule has 9 heteroatoms. The van der Waals surface area contributed by atoms with Crippen molar-refractivity contribution in [1.82, 2.24) is 14.5 Å². The van der Waals surface area contributed by atoms with Gasteiger partial charge in [0.15, 0.2) is 0 Å². The summed E-state index contributed by atoms with van der Waals surface area (Å²) in [6, 6.07) is 11.5. The Labute approximate surface area is 194 Å². The van der Waals surface area contributed by atoms with Crippen LogP contribution in [0.15, 0.2) is 53.6 Å². The maximum atomic E-state index is 13.8. The maximum absolute atomic E-state index is 13.8. The number of aromatic nitrogens is 2. The predicted octanol–water partition coefficient (Wildman–Crippen LogP) is 4.61. The summed E-state index contributed by atoms with van der Waals surface area (Å²) in [5.74, 6) is -1.06. The zero-order chi connectivity index (χ0) is 23.7. The summed E-state index contributed by atoms with van der Waals surface area (Å²) in [6.45, 7) is 5.34. The highest BCUT2D eigenvalue weighted by molar-refractivity contribution is 8.18. The van der Waals surface area contributed by atoms with Crippen LogP contribution in [-0.2, 0) is 9.59 Å². The number of nitrogens with one attached hydrogen (secondary N) is 1. The molecule has 7 nitrogen and oxygen atoms in total. The van der Waals surface area contributed by atoms with E-state index in [1.165, 1.54) is 18.2 Å². The number of aryl methyl sites for hydroxylation is 2. The SMILES string of the molecule is Cc1ccnc(-n2c(C)cc(C=C3SC(=O)N(CC(=O)Nc4ccccc4F)C3=O)c2C)c1. The molecule has 0 atom stereocenters. The Bertz CT molecular complexity index is 1310. The molecule has 0 aliphatic carbocycles. The molecule has 0 unspecified atom stereocenters. The second-order valence-corrected chi connectivity index (χ2v) is 8.64. The van der Waals surface area contributed by atoms with Crippen LogP contribution in [0.1, 0.15) is 22.5 Å². The second kappa shape index (κ2) is 9.03. The number of benzene rings is 1. The standard InChI is InChI=1S/C24H21FN4O3S/c1-14-8-9-26-21(10-14)29-15(2)11-17(16(29)3)12-20-23(31)28(24(32)33-20)13-22(30)27-19-7-5-4-6-18(19)25/h4-12H,13H2,1-3H3,(H,27,30). The summed E-state index contributed by atoms with van der Waals surface area (Å²) < 4.78 is 15.7. The lowest BCUT2D eigenvalue weighted by Crippen LogP contribution is -2.36. The Hall–Kier alpha value is -3.72. The molecule has 0 bridgehead atoms. The lowest BCUT2D eigenvalue weighted by Gasteiger charge is -2.12. The summed E-state index contributed by atoms with van der Waals surface area (Å²) in [7, 11) is 0. The van der Waals surface area contributed by atoms with E-state index >= 15 is 0 Å².